The van der Waals surface area contributed by atoms with E-state index in [1.54, 1.807) is 6.92 Å². The lowest BCUT2D eigenvalue weighted by Crippen LogP contribution is -2.34. The van der Waals surface area contributed by atoms with Crippen molar-refractivity contribution >= 4 is 17.4 Å². The molecule has 1 aromatic rings. The number of carbonyl (C=O) groups excluding carboxylic acids is 2. The molecule has 0 amide bonds. The summed E-state index contributed by atoms with van der Waals surface area (Å²) in [4.78, 5) is 33.0. The lowest BCUT2D eigenvalue weighted by Gasteiger charge is -2.09. The van der Waals surface area contributed by atoms with Gasteiger partial charge in [0.05, 0.1) is 11.5 Å². The maximum Gasteiger partial charge on any atom is 0.323 e. The molecule has 0 radical (unpaired) electrons. The Morgan fingerprint density at radius 2 is 1.95 bits per heavy atom. The number of carbonyl (C=O) groups is 2. The highest BCUT2D eigenvalue weighted by atomic mass is 16.6. The van der Waals surface area contributed by atoms with Crippen molar-refractivity contribution in [3.63, 3.8) is 0 Å². The number of hydrogen-bond acceptors (Lipinski definition) is 6. The molecule has 1 unspecified atom stereocenters. The number of Topliss-reactive ketones (excluding diaryl/α,β-unsaturated/α-hetero) is 1. The number of esters is 1. The molecule has 2 N–H and O–H groups in total. The van der Waals surface area contributed by atoms with Crippen molar-refractivity contribution in [3.05, 3.63) is 39.9 Å². The number of ketones is 1. The van der Waals surface area contributed by atoms with Crippen LogP contribution in [0.4, 0.5) is 5.69 Å². The normalized spacial score (nSPS) is 11.7. The minimum atomic E-state index is -1.03. The van der Waals surface area contributed by atoms with Gasteiger partial charge >= 0.3 is 5.97 Å². The Hall–Kier alpha value is -2.28. The molecule has 7 heteroatoms. The van der Waals surface area contributed by atoms with Crippen LogP contribution in [0.2, 0.25) is 0 Å². The molecule has 1 aromatic carbocycles. The van der Waals surface area contributed by atoms with Gasteiger partial charge in [-0.25, -0.2) is 0 Å². The Kier molecular flexibility index (Phi) is 5.13. The molecule has 0 saturated carbocycles. The molecule has 102 valence electrons. The van der Waals surface area contributed by atoms with Gasteiger partial charge in [0, 0.05) is 24.1 Å². The zero-order valence-electron chi connectivity index (χ0n) is 10.4. The average molecular weight is 266 g/mol. The van der Waals surface area contributed by atoms with Gasteiger partial charge in [0.25, 0.3) is 5.69 Å². The lowest BCUT2D eigenvalue weighted by atomic mass is 10.0. The van der Waals surface area contributed by atoms with Gasteiger partial charge in [-0.05, 0) is 19.1 Å². The molecule has 1 atom stereocenters. The summed E-state index contributed by atoms with van der Waals surface area (Å²) in [6, 6.07) is 4.09. The van der Waals surface area contributed by atoms with Gasteiger partial charge in [-0.15, -0.1) is 0 Å². The van der Waals surface area contributed by atoms with Crippen molar-refractivity contribution in [2.45, 2.75) is 19.4 Å². The summed E-state index contributed by atoms with van der Waals surface area (Å²) in [6.45, 7) is 1.83. The van der Waals surface area contributed by atoms with Crippen LogP contribution in [0.15, 0.2) is 24.3 Å². The maximum absolute atomic E-state index is 11.8. The van der Waals surface area contributed by atoms with Crippen LogP contribution in [0.1, 0.15) is 23.7 Å². The van der Waals surface area contributed by atoms with E-state index in [9.17, 15) is 19.7 Å². The molecular formula is C12H14N2O5. The number of rotatable bonds is 6. The molecule has 0 aliphatic carbocycles. The standard InChI is InChI=1S/C12H14N2O5/c1-2-19-12(16)10(13)7-11(15)8-3-5-9(6-4-8)14(17)18/h3-6,10H,2,7,13H2,1H3. The molecule has 0 heterocycles. The van der Waals surface area contributed by atoms with Gasteiger partial charge in [0.15, 0.2) is 5.78 Å². The van der Waals surface area contributed by atoms with Crippen LogP contribution in [0.5, 0.6) is 0 Å². The SMILES string of the molecule is CCOC(=O)C(N)CC(=O)c1ccc([N+](=O)[O-])cc1. The first-order chi connectivity index (χ1) is 8.95. The van der Waals surface area contributed by atoms with E-state index in [-0.39, 0.29) is 30.1 Å². The first kappa shape index (κ1) is 14.8. The summed E-state index contributed by atoms with van der Waals surface area (Å²) in [5.41, 5.74) is 5.68. The Bertz CT molecular complexity index is 483. The predicted octanol–water partition coefficient (Wildman–Crippen LogP) is 1.06. The van der Waals surface area contributed by atoms with E-state index in [4.69, 9.17) is 5.73 Å². The van der Waals surface area contributed by atoms with Crippen LogP contribution < -0.4 is 5.73 Å². The number of nitrogens with two attached hydrogens (primary N) is 1. The molecule has 0 aliphatic heterocycles. The Morgan fingerprint density at radius 1 is 1.37 bits per heavy atom. The summed E-state index contributed by atoms with van der Waals surface area (Å²) in [5.74, 6) is -1.01. The Morgan fingerprint density at radius 3 is 2.42 bits per heavy atom. The van der Waals surface area contributed by atoms with E-state index in [2.05, 4.69) is 4.74 Å². The summed E-state index contributed by atoms with van der Waals surface area (Å²) in [5, 5.41) is 10.5. The molecule has 0 aliphatic rings. The fourth-order valence-corrected chi connectivity index (χ4v) is 1.42. The van der Waals surface area contributed by atoms with Crippen molar-refractivity contribution in [1.29, 1.82) is 0 Å². The summed E-state index contributed by atoms with van der Waals surface area (Å²) >= 11 is 0. The van der Waals surface area contributed by atoms with Crippen LogP contribution in [-0.4, -0.2) is 29.3 Å². The average Bonchev–Trinajstić information content (AvgIpc) is 2.38. The number of ether oxygens (including phenoxy) is 1. The van der Waals surface area contributed by atoms with Crippen molar-refractivity contribution in [2.75, 3.05) is 6.61 Å². The minimum Gasteiger partial charge on any atom is -0.465 e. The molecule has 1 rings (SSSR count). The van der Waals surface area contributed by atoms with Crippen molar-refractivity contribution < 1.29 is 19.2 Å². The van der Waals surface area contributed by atoms with Gasteiger partial charge < -0.3 is 10.5 Å². The second kappa shape index (κ2) is 6.60. The van der Waals surface area contributed by atoms with Gasteiger partial charge in [-0.1, -0.05) is 0 Å². The minimum absolute atomic E-state index is 0.105. The number of nitrogens with zero attached hydrogens (tertiary/aromatic N) is 1. The number of non-ortho nitro benzene ring substituents is 1. The van der Waals surface area contributed by atoms with Crippen molar-refractivity contribution in [3.8, 4) is 0 Å². The molecule has 0 saturated heterocycles. The van der Waals surface area contributed by atoms with Crippen LogP contribution >= 0.6 is 0 Å². The molecule has 0 spiro atoms. The highest BCUT2D eigenvalue weighted by Gasteiger charge is 2.19. The van der Waals surface area contributed by atoms with Crippen LogP contribution in [0, 0.1) is 10.1 Å². The van der Waals surface area contributed by atoms with E-state index in [0.29, 0.717) is 0 Å². The molecule has 0 aromatic heterocycles. The fraction of sp³-hybridized carbons (Fsp3) is 0.333. The number of nitro benzene ring substituents is 1. The van der Waals surface area contributed by atoms with Gasteiger partial charge in [0.1, 0.15) is 6.04 Å². The van der Waals surface area contributed by atoms with E-state index in [0.717, 1.165) is 0 Å². The Balaban J connectivity index is 2.68. The third kappa shape index (κ3) is 4.14. The summed E-state index contributed by atoms with van der Waals surface area (Å²) < 4.78 is 4.69. The number of nitro groups is 1. The van der Waals surface area contributed by atoms with Gasteiger partial charge in [-0.3, -0.25) is 19.7 Å². The summed E-state index contributed by atoms with van der Waals surface area (Å²) in [7, 11) is 0. The second-order valence-corrected chi connectivity index (χ2v) is 3.79. The first-order valence-corrected chi connectivity index (χ1v) is 5.65. The zero-order chi connectivity index (χ0) is 14.4. The van der Waals surface area contributed by atoms with E-state index < -0.39 is 16.9 Å². The third-order valence-corrected chi connectivity index (χ3v) is 2.39. The van der Waals surface area contributed by atoms with Crippen molar-refractivity contribution in [1.82, 2.24) is 0 Å². The second-order valence-electron chi connectivity index (χ2n) is 3.79. The van der Waals surface area contributed by atoms with Gasteiger partial charge in [-0.2, -0.15) is 0 Å². The number of benzene rings is 1. The highest BCUT2D eigenvalue weighted by Crippen LogP contribution is 2.13. The van der Waals surface area contributed by atoms with Crippen LogP contribution in [0.25, 0.3) is 0 Å². The van der Waals surface area contributed by atoms with Gasteiger partial charge in [0.2, 0.25) is 0 Å². The van der Waals surface area contributed by atoms with Crippen molar-refractivity contribution in [2.24, 2.45) is 5.73 Å². The Labute approximate surface area is 109 Å². The van der Waals surface area contributed by atoms with E-state index >= 15 is 0 Å². The summed E-state index contributed by atoms with van der Waals surface area (Å²) in [6.07, 6.45) is -0.198. The fourth-order valence-electron chi connectivity index (χ4n) is 1.42. The van der Waals surface area contributed by atoms with Crippen LogP contribution in [0.3, 0.4) is 0 Å². The molecular weight excluding hydrogens is 252 g/mol. The molecule has 19 heavy (non-hydrogen) atoms. The van der Waals surface area contributed by atoms with E-state index in [1.807, 2.05) is 0 Å². The van der Waals surface area contributed by atoms with Crippen LogP contribution in [-0.2, 0) is 9.53 Å². The first-order valence-electron chi connectivity index (χ1n) is 5.65. The largest absolute Gasteiger partial charge is 0.465 e. The molecule has 7 nitrogen and oxygen atoms in total. The highest BCUT2D eigenvalue weighted by molar-refractivity contribution is 5.99. The maximum atomic E-state index is 11.8. The van der Waals surface area contributed by atoms with E-state index in [1.165, 1.54) is 24.3 Å². The number of hydrogen-bond donors (Lipinski definition) is 1. The molecule has 0 bridgehead atoms. The zero-order valence-corrected chi connectivity index (χ0v) is 10.4. The topological polar surface area (TPSA) is 113 Å². The lowest BCUT2D eigenvalue weighted by molar-refractivity contribution is -0.384. The molecule has 0 fully saturated rings. The smallest absolute Gasteiger partial charge is 0.323 e. The third-order valence-electron chi connectivity index (χ3n) is 2.39. The predicted molar refractivity (Wildman–Crippen MR) is 66.7 cm³/mol. The monoisotopic (exact) mass is 266 g/mol. The quantitative estimate of drug-likeness (QED) is 0.356.